The van der Waals surface area contributed by atoms with Crippen LogP contribution < -0.4 is 5.73 Å². The highest BCUT2D eigenvalue weighted by Gasteiger charge is 2.03. The fraction of sp³-hybridized carbons (Fsp3) is 0.200. The average molecular weight is 325 g/mol. The van der Waals surface area contributed by atoms with Crippen LogP contribution in [0.25, 0.3) is 10.9 Å². The van der Waals surface area contributed by atoms with Crippen molar-refractivity contribution >= 4 is 34.4 Å². The molecule has 2 rings (SSSR count). The second kappa shape index (κ2) is 8.21. The number of fused-ring (bicyclic) bond motifs is 1. The minimum absolute atomic E-state index is 0.157. The zero-order chi connectivity index (χ0) is 16.7. The van der Waals surface area contributed by atoms with Gasteiger partial charge in [0.15, 0.2) is 0 Å². The third-order valence-corrected chi connectivity index (χ3v) is 2.82. The minimum atomic E-state index is -1.26. The van der Waals surface area contributed by atoms with Crippen LogP contribution in [0.1, 0.15) is 6.92 Å². The molecule has 1 aromatic carbocycles. The average Bonchev–Trinajstić information content (AvgIpc) is 2.79. The summed E-state index contributed by atoms with van der Waals surface area (Å²) < 4.78 is 2.13. The lowest BCUT2D eigenvalue weighted by Crippen LogP contribution is -2.21. The smallest absolute Gasteiger partial charge is 0.328 e. The number of carboxylic acids is 2. The van der Waals surface area contributed by atoms with E-state index in [-0.39, 0.29) is 6.04 Å². The van der Waals surface area contributed by atoms with Crippen LogP contribution in [0.4, 0.5) is 0 Å². The molecule has 0 spiro atoms. The number of nitrogens with two attached hydrogens (primary N) is 1. The molecular weight excluding hydrogens is 308 g/mol. The molecule has 0 saturated heterocycles. The zero-order valence-electron chi connectivity index (χ0n) is 11.9. The molecule has 6 nitrogen and oxygen atoms in total. The van der Waals surface area contributed by atoms with Crippen molar-refractivity contribution in [1.82, 2.24) is 4.57 Å². The van der Waals surface area contributed by atoms with Crippen LogP contribution in [0, 0.1) is 0 Å². The Morgan fingerprint density at radius 1 is 1.27 bits per heavy atom. The Morgan fingerprint density at radius 2 is 1.86 bits per heavy atom. The van der Waals surface area contributed by atoms with E-state index in [0.717, 1.165) is 17.1 Å². The van der Waals surface area contributed by atoms with Gasteiger partial charge in [0.25, 0.3) is 0 Å². The number of aromatic nitrogens is 1. The minimum Gasteiger partial charge on any atom is -0.478 e. The van der Waals surface area contributed by atoms with Crippen LogP contribution in [-0.2, 0) is 16.1 Å². The Morgan fingerprint density at radius 3 is 2.36 bits per heavy atom. The summed E-state index contributed by atoms with van der Waals surface area (Å²) in [6.07, 6.45) is 3.16. The lowest BCUT2D eigenvalue weighted by molar-refractivity contribution is -0.134. The number of hydrogen-bond acceptors (Lipinski definition) is 3. The molecule has 1 heterocycles. The number of carbonyl (C=O) groups is 2. The van der Waals surface area contributed by atoms with Crippen molar-refractivity contribution in [2.24, 2.45) is 5.73 Å². The Balaban J connectivity index is 0.000000261. The second-order valence-electron chi connectivity index (χ2n) is 4.66. The molecule has 0 aliphatic heterocycles. The quantitative estimate of drug-likeness (QED) is 0.749. The first-order valence-corrected chi connectivity index (χ1v) is 6.81. The van der Waals surface area contributed by atoms with Gasteiger partial charge in [0, 0.05) is 41.5 Å². The number of benzene rings is 1. The SMILES string of the molecule is CC(N)Cn1ccc2ccc(Cl)cc21.O=C(O)C=CC(=O)O. The first kappa shape index (κ1) is 17.7. The molecule has 0 amide bonds. The summed E-state index contributed by atoms with van der Waals surface area (Å²) in [5, 5.41) is 17.6. The van der Waals surface area contributed by atoms with E-state index in [9.17, 15) is 9.59 Å². The van der Waals surface area contributed by atoms with Gasteiger partial charge < -0.3 is 20.5 Å². The molecule has 0 aliphatic carbocycles. The lowest BCUT2D eigenvalue weighted by Gasteiger charge is -2.08. The van der Waals surface area contributed by atoms with Crippen molar-refractivity contribution in [2.45, 2.75) is 19.5 Å². The van der Waals surface area contributed by atoms with Crippen molar-refractivity contribution in [2.75, 3.05) is 0 Å². The van der Waals surface area contributed by atoms with E-state index in [0.29, 0.717) is 12.2 Å². The van der Waals surface area contributed by atoms with E-state index < -0.39 is 11.9 Å². The van der Waals surface area contributed by atoms with Crippen LogP contribution in [-0.4, -0.2) is 32.8 Å². The molecular formula is C15H17ClN2O4. The van der Waals surface area contributed by atoms with Crippen molar-refractivity contribution in [3.8, 4) is 0 Å². The molecule has 0 fully saturated rings. The van der Waals surface area contributed by atoms with Gasteiger partial charge in [-0.15, -0.1) is 0 Å². The summed E-state index contributed by atoms with van der Waals surface area (Å²) in [4.78, 5) is 19.1. The summed E-state index contributed by atoms with van der Waals surface area (Å²) in [5.41, 5.74) is 6.91. The number of nitrogens with zero attached hydrogens (tertiary/aromatic N) is 1. The van der Waals surface area contributed by atoms with Crippen LogP contribution in [0.15, 0.2) is 42.6 Å². The van der Waals surface area contributed by atoms with Gasteiger partial charge in [-0.25, -0.2) is 9.59 Å². The predicted molar refractivity (Wildman–Crippen MR) is 85.0 cm³/mol. The van der Waals surface area contributed by atoms with Gasteiger partial charge in [-0.3, -0.25) is 0 Å². The van der Waals surface area contributed by atoms with Gasteiger partial charge in [0.1, 0.15) is 0 Å². The largest absolute Gasteiger partial charge is 0.478 e. The van der Waals surface area contributed by atoms with Gasteiger partial charge >= 0.3 is 11.9 Å². The number of aliphatic carboxylic acids is 2. The molecule has 118 valence electrons. The maximum Gasteiger partial charge on any atom is 0.328 e. The first-order chi connectivity index (χ1) is 10.3. The molecule has 0 bridgehead atoms. The molecule has 0 saturated carbocycles. The fourth-order valence-corrected chi connectivity index (χ4v) is 1.94. The Bertz CT molecular complexity index is 676. The van der Waals surface area contributed by atoms with E-state index >= 15 is 0 Å². The van der Waals surface area contributed by atoms with E-state index in [4.69, 9.17) is 27.5 Å². The molecule has 1 unspecified atom stereocenters. The number of rotatable bonds is 4. The molecule has 0 aliphatic rings. The number of hydrogen-bond donors (Lipinski definition) is 3. The molecule has 0 radical (unpaired) electrons. The monoisotopic (exact) mass is 324 g/mol. The maximum atomic E-state index is 9.55. The van der Waals surface area contributed by atoms with Gasteiger partial charge in [0.05, 0.1) is 0 Å². The number of carboxylic acid groups (broad SMARTS) is 2. The molecule has 1 atom stereocenters. The molecule has 1 aromatic heterocycles. The van der Waals surface area contributed by atoms with E-state index in [1.165, 1.54) is 5.39 Å². The topological polar surface area (TPSA) is 106 Å². The number of halogens is 1. The van der Waals surface area contributed by atoms with Gasteiger partial charge in [-0.1, -0.05) is 17.7 Å². The highest BCUT2D eigenvalue weighted by molar-refractivity contribution is 6.31. The van der Waals surface area contributed by atoms with E-state index in [1.807, 2.05) is 31.3 Å². The highest BCUT2D eigenvalue weighted by atomic mass is 35.5. The lowest BCUT2D eigenvalue weighted by atomic mass is 10.2. The summed E-state index contributed by atoms with van der Waals surface area (Å²) in [6, 6.07) is 8.13. The van der Waals surface area contributed by atoms with Crippen molar-refractivity contribution in [3.63, 3.8) is 0 Å². The predicted octanol–water partition coefficient (Wildman–Crippen LogP) is 2.35. The van der Waals surface area contributed by atoms with E-state index in [1.54, 1.807) is 0 Å². The first-order valence-electron chi connectivity index (χ1n) is 6.43. The summed E-state index contributed by atoms with van der Waals surface area (Å²) in [7, 11) is 0. The molecule has 2 aromatic rings. The van der Waals surface area contributed by atoms with E-state index in [2.05, 4.69) is 10.6 Å². The summed E-state index contributed by atoms with van der Waals surface area (Å²) >= 11 is 5.94. The summed E-state index contributed by atoms with van der Waals surface area (Å²) in [6.45, 7) is 2.82. The standard InChI is InChI=1S/C11H13ClN2.C4H4O4/c1-8(13)7-14-5-4-9-2-3-10(12)6-11(9)14;5-3(6)1-2-4(7)8/h2-6,8H,7,13H2,1H3;1-2H,(H,5,6)(H,7,8). The van der Waals surface area contributed by atoms with Gasteiger partial charge in [-0.05, 0) is 30.5 Å². The van der Waals surface area contributed by atoms with Crippen molar-refractivity contribution < 1.29 is 19.8 Å². The normalized spacial score (nSPS) is 12.0. The van der Waals surface area contributed by atoms with Gasteiger partial charge in [-0.2, -0.15) is 0 Å². The van der Waals surface area contributed by atoms with Crippen LogP contribution >= 0.6 is 11.6 Å². The summed E-state index contributed by atoms with van der Waals surface area (Å²) in [5.74, 6) is -2.51. The highest BCUT2D eigenvalue weighted by Crippen LogP contribution is 2.20. The van der Waals surface area contributed by atoms with Crippen LogP contribution in [0.2, 0.25) is 5.02 Å². The Labute approximate surface area is 132 Å². The van der Waals surface area contributed by atoms with Crippen molar-refractivity contribution in [1.29, 1.82) is 0 Å². The van der Waals surface area contributed by atoms with Crippen LogP contribution in [0.3, 0.4) is 0 Å². The third-order valence-electron chi connectivity index (χ3n) is 2.59. The maximum absolute atomic E-state index is 9.55. The van der Waals surface area contributed by atoms with Crippen molar-refractivity contribution in [3.05, 3.63) is 47.6 Å². The molecule has 22 heavy (non-hydrogen) atoms. The van der Waals surface area contributed by atoms with Crippen LogP contribution in [0.5, 0.6) is 0 Å². The molecule has 7 heteroatoms. The molecule has 4 N–H and O–H groups in total. The zero-order valence-corrected chi connectivity index (χ0v) is 12.7. The van der Waals surface area contributed by atoms with Gasteiger partial charge in [0.2, 0.25) is 0 Å². The Kier molecular flexibility index (Phi) is 6.62. The fourth-order valence-electron chi connectivity index (χ4n) is 1.77. The second-order valence-corrected chi connectivity index (χ2v) is 5.09. The Hall–Kier alpha value is -2.31. The third kappa shape index (κ3) is 5.99.